The maximum absolute atomic E-state index is 13.3. The van der Waals surface area contributed by atoms with Gasteiger partial charge in [0, 0.05) is 21.0 Å². The molecular formula is C29H31BrN2O4. The van der Waals surface area contributed by atoms with Crippen LogP contribution in [0.4, 0.5) is 0 Å². The molecule has 4 aromatic rings. The van der Waals surface area contributed by atoms with Gasteiger partial charge in [0.1, 0.15) is 6.61 Å². The molecule has 36 heavy (non-hydrogen) atoms. The minimum atomic E-state index is -1.45. The van der Waals surface area contributed by atoms with Crippen molar-refractivity contribution in [2.24, 2.45) is 5.92 Å². The van der Waals surface area contributed by atoms with E-state index in [1.807, 2.05) is 26.0 Å². The Hall–Kier alpha value is -3.03. The van der Waals surface area contributed by atoms with Gasteiger partial charge in [-0.05, 0) is 52.9 Å². The van der Waals surface area contributed by atoms with Gasteiger partial charge in [-0.3, -0.25) is 4.79 Å². The average Bonchev–Trinajstić information content (AvgIpc) is 3.21. The Morgan fingerprint density at radius 2 is 1.86 bits per heavy atom. The third kappa shape index (κ3) is 3.95. The minimum Gasteiger partial charge on any atom is -0.458 e. The van der Waals surface area contributed by atoms with Crippen molar-refractivity contribution in [1.82, 2.24) is 9.55 Å². The van der Waals surface area contributed by atoms with E-state index in [1.165, 1.54) is 5.56 Å². The Balaban J connectivity index is 0.000000990. The summed E-state index contributed by atoms with van der Waals surface area (Å²) in [7, 11) is 0. The molecule has 1 N–H and O–H groups in total. The first kappa shape index (κ1) is 26.0. The van der Waals surface area contributed by atoms with Crippen molar-refractivity contribution in [1.29, 1.82) is 0 Å². The van der Waals surface area contributed by atoms with E-state index in [-0.39, 0.29) is 19.6 Å². The summed E-state index contributed by atoms with van der Waals surface area (Å²) in [6, 6.07) is 12.1. The minimum absolute atomic E-state index is 0. The lowest BCUT2D eigenvalue weighted by Crippen LogP contribution is -2.32. The van der Waals surface area contributed by atoms with Gasteiger partial charge in [-0.25, -0.2) is 9.78 Å². The lowest BCUT2D eigenvalue weighted by atomic mass is 9.90. The van der Waals surface area contributed by atoms with Crippen molar-refractivity contribution in [2.75, 3.05) is 0 Å². The fourth-order valence-corrected chi connectivity index (χ4v) is 5.51. The van der Waals surface area contributed by atoms with Gasteiger partial charge in [0.15, 0.2) is 6.10 Å². The molecule has 2 aliphatic rings. The third-order valence-corrected chi connectivity index (χ3v) is 7.12. The predicted molar refractivity (Wildman–Crippen MR) is 147 cm³/mol. The highest BCUT2D eigenvalue weighted by Crippen LogP contribution is 2.41. The van der Waals surface area contributed by atoms with Crippen LogP contribution in [-0.4, -0.2) is 20.6 Å². The van der Waals surface area contributed by atoms with Crippen LogP contribution >= 0.6 is 15.9 Å². The first-order chi connectivity index (χ1) is 16.8. The van der Waals surface area contributed by atoms with E-state index in [2.05, 4.69) is 48.0 Å². The maximum Gasteiger partial charge on any atom is 0.340 e. The number of rotatable bonds is 2. The maximum atomic E-state index is 13.3. The van der Waals surface area contributed by atoms with Gasteiger partial charge in [-0.15, -0.1) is 0 Å². The van der Waals surface area contributed by atoms with E-state index in [0.717, 1.165) is 43.8 Å². The number of ether oxygens (including phenoxy) is 1. The van der Waals surface area contributed by atoms with Crippen molar-refractivity contribution in [2.45, 2.75) is 60.8 Å². The molecule has 4 heterocycles. The quantitative estimate of drug-likeness (QED) is 0.206. The highest BCUT2D eigenvalue weighted by atomic mass is 79.9. The number of esters is 1. The SMILES string of the molecule is C.CC.CC(C)Cc1c2c(nc3ccc4ccc(Br)cc4c13)-c1cc3c(c(=O)n1C2)COC(=O)C3O. The summed E-state index contributed by atoms with van der Waals surface area (Å²) in [5.41, 5.74) is 4.91. The van der Waals surface area contributed by atoms with Gasteiger partial charge < -0.3 is 14.4 Å². The molecule has 0 bridgehead atoms. The van der Waals surface area contributed by atoms with Crippen LogP contribution < -0.4 is 5.56 Å². The summed E-state index contributed by atoms with van der Waals surface area (Å²) in [6.07, 6.45) is -0.604. The van der Waals surface area contributed by atoms with Crippen LogP contribution in [0.25, 0.3) is 33.1 Å². The number of nitrogens with zero attached hydrogens (tertiary/aromatic N) is 2. The molecule has 6 nitrogen and oxygen atoms in total. The molecule has 188 valence electrons. The molecule has 2 aromatic carbocycles. The van der Waals surface area contributed by atoms with E-state index in [4.69, 9.17) is 9.72 Å². The first-order valence-corrected chi connectivity index (χ1v) is 12.8. The Morgan fingerprint density at radius 1 is 1.14 bits per heavy atom. The summed E-state index contributed by atoms with van der Waals surface area (Å²) >= 11 is 3.61. The zero-order valence-corrected chi connectivity index (χ0v) is 21.8. The van der Waals surface area contributed by atoms with Gasteiger partial charge >= 0.3 is 5.97 Å². The molecule has 0 radical (unpaired) electrons. The fraction of sp³-hybridized carbons (Fsp3) is 0.345. The molecule has 0 saturated carbocycles. The zero-order valence-electron chi connectivity index (χ0n) is 20.2. The third-order valence-electron chi connectivity index (χ3n) is 6.63. The number of carbonyl (C=O) groups is 1. The number of fused-ring (bicyclic) bond motifs is 7. The zero-order chi connectivity index (χ0) is 25.0. The molecule has 7 heteroatoms. The summed E-state index contributed by atoms with van der Waals surface area (Å²) in [6.45, 7) is 8.67. The van der Waals surface area contributed by atoms with Crippen LogP contribution in [0.3, 0.4) is 0 Å². The number of aliphatic hydroxyl groups excluding tert-OH is 1. The molecule has 0 spiro atoms. The number of hydrogen-bond acceptors (Lipinski definition) is 5. The van der Waals surface area contributed by atoms with Crippen LogP contribution in [0.2, 0.25) is 0 Å². The summed E-state index contributed by atoms with van der Waals surface area (Å²) in [5, 5.41) is 13.8. The summed E-state index contributed by atoms with van der Waals surface area (Å²) < 4.78 is 7.71. The van der Waals surface area contributed by atoms with Crippen LogP contribution in [-0.2, 0) is 29.1 Å². The highest BCUT2D eigenvalue weighted by Gasteiger charge is 2.34. The Morgan fingerprint density at radius 3 is 2.58 bits per heavy atom. The molecule has 0 fully saturated rings. The Bertz CT molecular complexity index is 1570. The number of halogens is 1. The number of benzene rings is 2. The van der Waals surface area contributed by atoms with Crippen LogP contribution in [0, 0.1) is 5.92 Å². The first-order valence-electron chi connectivity index (χ1n) is 12.0. The number of carbonyl (C=O) groups excluding carboxylic acids is 1. The normalized spacial score (nSPS) is 15.5. The van der Waals surface area contributed by atoms with E-state index in [1.54, 1.807) is 10.6 Å². The van der Waals surface area contributed by atoms with E-state index in [0.29, 0.717) is 29.3 Å². The molecular weight excluding hydrogens is 520 g/mol. The number of pyridine rings is 2. The van der Waals surface area contributed by atoms with Crippen molar-refractivity contribution >= 4 is 43.6 Å². The van der Waals surface area contributed by atoms with Crippen molar-refractivity contribution in [3.8, 4) is 11.4 Å². The van der Waals surface area contributed by atoms with Crippen molar-refractivity contribution in [3.05, 3.63) is 73.5 Å². The predicted octanol–water partition coefficient (Wildman–Crippen LogP) is 6.29. The van der Waals surface area contributed by atoms with Crippen LogP contribution in [0.1, 0.15) is 63.5 Å². The van der Waals surface area contributed by atoms with Gasteiger partial charge in [0.2, 0.25) is 0 Å². The largest absolute Gasteiger partial charge is 0.458 e. The fourth-order valence-electron chi connectivity index (χ4n) is 5.15. The Kier molecular flexibility index (Phi) is 7.08. The number of aliphatic hydroxyl groups is 1. The van der Waals surface area contributed by atoms with Gasteiger partial charge in [-0.2, -0.15) is 0 Å². The van der Waals surface area contributed by atoms with Gasteiger partial charge in [0.25, 0.3) is 5.56 Å². The standard InChI is InChI=1S/C26H21BrN2O4.C2H6.CH4/c1-12(2)7-16-18-10-29-21(9-17-19(25(29)31)11-33-26(32)24(17)30)23(18)28-20-6-4-13-3-5-14(27)8-15(13)22(16)20;1-2;/h3-6,8-9,12,24,30H,7,10-11H2,1-2H3;1-2H3;1H4. The lowest BCUT2D eigenvalue weighted by Gasteiger charge is -2.21. The lowest BCUT2D eigenvalue weighted by molar-refractivity contribution is -0.157. The second-order valence-electron chi connectivity index (χ2n) is 9.21. The van der Waals surface area contributed by atoms with Crippen molar-refractivity contribution in [3.63, 3.8) is 0 Å². The highest BCUT2D eigenvalue weighted by molar-refractivity contribution is 9.10. The molecule has 0 saturated heterocycles. The van der Waals surface area contributed by atoms with Crippen LogP contribution in [0.15, 0.2) is 45.7 Å². The molecule has 6 rings (SSSR count). The van der Waals surface area contributed by atoms with Crippen LogP contribution in [0.5, 0.6) is 0 Å². The van der Waals surface area contributed by atoms with E-state index < -0.39 is 12.1 Å². The number of aromatic nitrogens is 2. The number of cyclic esters (lactones) is 1. The summed E-state index contributed by atoms with van der Waals surface area (Å²) in [5.74, 6) is -0.322. The summed E-state index contributed by atoms with van der Waals surface area (Å²) in [4.78, 5) is 30.3. The van der Waals surface area contributed by atoms with Gasteiger partial charge in [0.05, 0.1) is 29.0 Å². The molecule has 1 atom stereocenters. The van der Waals surface area contributed by atoms with E-state index >= 15 is 0 Å². The molecule has 2 aliphatic heterocycles. The molecule has 2 aromatic heterocycles. The van der Waals surface area contributed by atoms with E-state index in [9.17, 15) is 14.7 Å². The molecule has 0 aliphatic carbocycles. The topological polar surface area (TPSA) is 81.4 Å². The molecule has 1 unspecified atom stereocenters. The average molecular weight is 551 g/mol. The molecule has 0 amide bonds. The van der Waals surface area contributed by atoms with Crippen molar-refractivity contribution < 1.29 is 14.6 Å². The van der Waals surface area contributed by atoms with Gasteiger partial charge in [-0.1, -0.05) is 63.2 Å². The smallest absolute Gasteiger partial charge is 0.340 e. The second kappa shape index (κ2) is 9.79. The second-order valence-corrected chi connectivity index (χ2v) is 10.1. The Labute approximate surface area is 219 Å². The number of hydrogen-bond donors (Lipinski definition) is 1. The monoisotopic (exact) mass is 550 g/mol.